The summed E-state index contributed by atoms with van der Waals surface area (Å²) in [6, 6.07) is 9.80. The van der Waals surface area contributed by atoms with Gasteiger partial charge >= 0.3 is 6.09 Å². The van der Waals surface area contributed by atoms with Crippen LogP contribution in [0.4, 0.5) is 4.79 Å². The molecule has 0 bridgehead atoms. The van der Waals surface area contributed by atoms with E-state index in [2.05, 4.69) is 10.2 Å². The number of thioether (sulfide) groups is 1. The summed E-state index contributed by atoms with van der Waals surface area (Å²) in [5, 5.41) is 8.27. The van der Waals surface area contributed by atoms with Crippen LogP contribution in [0.5, 0.6) is 0 Å². The summed E-state index contributed by atoms with van der Waals surface area (Å²) >= 11 is 1.21. The second-order valence-electron chi connectivity index (χ2n) is 6.01. The molecule has 0 aliphatic carbocycles. The Morgan fingerprint density at radius 3 is 2.54 bits per heavy atom. The third kappa shape index (κ3) is 5.59. The maximum atomic E-state index is 12.4. The van der Waals surface area contributed by atoms with Crippen LogP contribution in [0.3, 0.4) is 0 Å². The van der Waals surface area contributed by atoms with Gasteiger partial charge in [0.15, 0.2) is 0 Å². The molecule has 148 valence electrons. The Balaban J connectivity index is 1.43. The minimum absolute atomic E-state index is 0.0203. The summed E-state index contributed by atoms with van der Waals surface area (Å²) in [5.41, 5.74) is 1.03. The predicted molar refractivity (Wildman–Crippen MR) is 106 cm³/mol. The van der Waals surface area contributed by atoms with E-state index in [-0.39, 0.29) is 17.8 Å². The summed E-state index contributed by atoms with van der Waals surface area (Å²) < 4.78 is 10.5. The van der Waals surface area contributed by atoms with Gasteiger partial charge in [0.2, 0.25) is 11.8 Å². The molecular formula is C19H22N4O4S. The van der Waals surface area contributed by atoms with Gasteiger partial charge in [-0.1, -0.05) is 42.1 Å². The molecule has 1 saturated heterocycles. The molecule has 1 aliphatic heterocycles. The number of nitrogens with zero attached hydrogens (tertiary/aromatic N) is 4. The highest BCUT2D eigenvalue weighted by atomic mass is 32.2. The molecule has 2 aromatic rings. The number of aromatic nitrogens is 2. The lowest BCUT2D eigenvalue weighted by Gasteiger charge is -2.33. The average Bonchev–Trinajstić information content (AvgIpc) is 3.19. The molecule has 1 aliphatic rings. The van der Waals surface area contributed by atoms with Crippen molar-refractivity contribution in [3.63, 3.8) is 0 Å². The molecule has 1 aromatic heterocycles. The maximum absolute atomic E-state index is 12.4. The summed E-state index contributed by atoms with van der Waals surface area (Å²) in [6.07, 6.45) is 3.30. The third-order valence-corrected chi connectivity index (χ3v) is 4.92. The van der Waals surface area contributed by atoms with Crippen molar-refractivity contribution < 1.29 is 18.7 Å². The van der Waals surface area contributed by atoms with E-state index in [0.717, 1.165) is 5.56 Å². The number of amides is 2. The zero-order valence-electron chi connectivity index (χ0n) is 15.6. The van der Waals surface area contributed by atoms with Crippen LogP contribution < -0.4 is 0 Å². The third-order valence-electron chi connectivity index (χ3n) is 4.12. The second-order valence-corrected chi connectivity index (χ2v) is 6.93. The van der Waals surface area contributed by atoms with Gasteiger partial charge in [0, 0.05) is 32.3 Å². The molecule has 0 radical (unpaired) electrons. The number of carbonyl (C=O) groups is 2. The smallest absolute Gasteiger partial charge is 0.409 e. The van der Waals surface area contributed by atoms with Gasteiger partial charge in [0.25, 0.3) is 5.22 Å². The van der Waals surface area contributed by atoms with E-state index in [0.29, 0.717) is 43.9 Å². The zero-order chi connectivity index (χ0) is 19.8. The van der Waals surface area contributed by atoms with E-state index >= 15 is 0 Å². The van der Waals surface area contributed by atoms with Gasteiger partial charge in [-0.2, -0.15) is 0 Å². The highest BCUT2D eigenvalue weighted by Crippen LogP contribution is 2.18. The van der Waals surface area contributed by atoms with Crippen LogP contribution in [0.2, 0.25) is 0 Å². The number of hydrogen-bond acceptors (Lipinski definition) is 7. The van der Waals surface area contributed by atoms with Gasteiger partial charge in [-0.05, 0) is 18.6 Å². The molecule has 2 amide bonds. The first-order valence-electron chi connectivity index (χ1n) is 9.04. The van der Waals surface area contributed by atoms with Crippen LogP contribution in [0.15, 0.2) is 40.0 Å². The molecule has 0 N–H and O–H groups in total. The molecule has 28 heavy (non-hydrogen) atoms. The van der Waals surface area contributed by atoms with Crippen molar-refractivity contribution in [3.8, 4) is 0 Å². The van der Waals surface area contributed by atoms with Crippen molar-refractivity contribution in [2.75, 3.05) is 38.5 Å². The standard InChI is InChI=1S/C19H22N4O4S/c1-2-26-19(25)23-12-10-22(11-13-23)17(24)14-28-18-21-20-16(27-18)9-8-15-6-4-3-5-7-15/h3-9H,2,10-14H2,1H3/b9-8+. The van der Waals surface area contributed by atoms with Crippen molar-refractivity contribution in [1.29, 1.82) is 0 Å². The lowest BCUT2D eigenvalue weighted by atomic mass is 10.2. The molecular weight excluding hydrogens is 380 g/mol. The first-order valence-corrected chi connectivity index (χ1v) is 10.0. The first-order chi connectivity index (χ1) is 13.7. The monoisotopic (exact) mass is 402 g/mol. The number of benzene rings is 1. The van der Waals surface area contributed by atoms with Crippen LogP contribution in [0.25, 0.3) is 12.2 Å². The fraction of sp³-hybridized carbons (Fsp3) is 0.368. The number of carbonyl (C=O) groups excluding carboxylic acids is 2. The Kier molecular flexibility index (Phi) is 7.07. The summed E-state index contributed by atoms with van der Waals surface area (Å²) in [4.78, 5) is 27.4. The quantitative estimate of drug-likeness (QED) is 0.686. The summed E-state index contributed by atoms with van der Waals surface area (Å²) in [6.45, 7) is 4.06. The SMILES string of the molecule is CCOC(=O)N1CCN(C(=O)CSc2nnc(/C=C/c3ccccc3)o2)CC1. The second kappa shape index (κ2) is 9.93. The Bertz CT molecular complexity index is 816. The lowest BCUT2D eigenvalue weighted by molar-refractivity contribution is -0.129. The minimum Gasteiger partial charge on any atom is -0.450 e. The molecule has 0 atom stereocenters. The van der Waals surface area contributed by atoms with Crippen LogP contribution in [0.1, 0.15) is 18.4 Å². The van der Waals surface area contributed by atoms with E-state index < -0.39 is 0 Å². The lowest BCUT2D eigenvalue weighted by Crippen LogP contribution is -2.51. The van der Waals surface area contributed by atoms with Crippen LogP contribution >= 0.6 is 11.8 Å². The Labute approximate surface area is 167 Å². The number of ether oxygens (including phenoxy) is 1. The van der Waals surface area contributed by atoms with Gasteiger partial charge in [-0.25, -0.2) is 4.79 Å². The van der Waals surface area contributed by atoms with Gasteiger partial charge in [-0.3, -0.25) is 4.79 Å². The van der Waals surface area contributed by atoms with Crippen molar-refractivity contribution >= 4 is 35.9 Å². The van der Waals surface area contributed by atoms with E-state index in [1.165, 1.54) is 11.8 Å². The largest absolute Gasteiger partial charge is 0.450 e. The fourth-order valence-corrected chi connectivity index (χ4v) is 3.32. The predicted octanol–water partition coefficient (Wildman–Crippen LogP) is 2.63. The van der Waals surface area contributed by atoms with Gasteiger partial charge in [0.1, 0.15) is 0 Å². The van der Waals surface area contributed by atoms with Gasteiger partial charge in [0.05, 0.1) is 12.4 Å². The molecule has 8 nitrogen and oxygen atoms in total. The molecule has 0 spiro atoms. The molecule has 1 aromatic carbocycles. The fourth-order valence-electron chi connectivity index (χ4n) is 2.65. The van der Waals surface area contributed by atoms with Crippen LogP contribution in [-0.2, 0) is 9.53 Å². The first kappa shape index (κ1) is 19.9. The van der Waals surface area contributed by atoms with Crippen molar-refractivity contribution in [1.82, 2.24) is 20.0 Å². The van der Waals surface area contributed by atoms with Crippen LogP contribution in [-0.4, -0.2) is 70.5 Å². The zero-order valence-corrected chi connectivity index (χ0v) is 16.4. The Morgan fingerprint density at radius 2 is 1.82 bits per heavy atom. The highest BCUT2D eigenvalue weighted by Gasteiger charge is 2.25. The molecule has 3 rings (SSSR count). The minimum atomic E-state index is -0.328. The van der Waals surface area contributed by atoms with Crippen LogP contribution in [0, 0.1) is 0 Å². The maximum Gasteiger partial charge on any atom is 0.409 e. The summed E-state index contributed by atoms with van der Waals surface area (Å²) in [7, 11) is 0. The van der Waals surface area contributed by atoms with E-state index in [9.17, 15) is 9.59 Å². The molecule has 9 heteroatoms. The van der Waals surface area contributed by atoms with Crippen molar-refractivity contribution in [2.24, 2.45) is 0 Å². The van der Waals surface area contributed by atoms with Crippen molar-refractivity contribution in [2.45, 2.75) is 12.1 Å². The molecule has 0 unspecified atom stereocenters. The van der Waals surface area contributed by atoms with Crippen molar-refractivity contribution in [3.05, 3.63) is 41.8 Å². The highest BCUT2D eigenvalue weighted by molar-refractivity contribution is 7.99. The van der Waals surface area contributed by atoms with E-state index in [4.69, 9.17) is 9.15 Å². The average molecular weight is 402 g/mol. The van der Waals surface area contributed by atoms with Gasteiger partial charge < -0.3 is 19.0 Å². The molecule has 0 saturated carbocycles. The summed E-state index contributed by atoms with van der Waals surface area (Å²) in [5.74, 6) is 0.582. The van der Waals surface area contributed by atoms with E-state index in [1.807, 2.05) is 36.4 Å². The van der Waals surface area contributed by atoms with Gasteiger partial charge in [-0.15, -0.1) is 10.2 Å². The Morgan fingerprint density at radius 1 is 1.11 bits per heavy atom. The normalized spacial score (nSPS) is 14.5. The number of piperazine rings is 1. The van der Waals surface area contributed by atoms with E-state index in [1.54, 1.807) is 22.8 Å². The topological polar surface area (TPSA) is 88.8 Å². The number of hydrogen-bond donors (Lipinski definition) is 0. The Hall–Kier alpha value is -2.81. The molecule has 2 heterocycles. The number of rotatable bonds is 6. The molecule has 1 fully saturated rings.